The molecule has 2 amide bonds. The maximum Gasteiger partial charge on any atom is 0.244 e. The topological polar surface area (TPSA) is 86.8 Å². The van der Waals surface area contributed by atoms with Crippen LogP contribution in [0.1, 0.15) is 25.8 Å². The largest absolute Gasteiger partial charge is 0.354 e. The molecule has 0 aliphatic carbocycles. The van der Waals surface area contributed by atoms with Crippen molar-refractivity contribution in [3.05, 3.63) is 62.1 Å². The molecule has 1 atom stereocenters. The monoisotopic (exact) mass is 567 g/mol. The van der Waals surface area contributed by atoms with Crippen LogP contribution in [0.4, 0.5) is 5.69 Å². The summed E-state index contributed by atoms with van der Waals surface area (Å²) in [6.45, 7) is 3.14. The van der Waals surface area contributed by atoms with Gasteiger partial charge in [-0.15, -0.1) is 0 Å². The summed E-state index contributed by atoms with van der Waals surface area (Å²) in [6, 6.07) is 8.40. The van der Waals surface area contributed by atoms with E-state index in [1.807, 2.05) is 6.92 Å². The Morgan fingerprint density at radius 1 is 1.00 bits per heavy atom. The number of rotatable bonds is 10. The van der Waals surface area contributed by atoms with E-state index in [4.69, 9.17) is 46.4 Å². The zero-order valence-electron chi connectivity index (χ0n) is 18.8. The summed E-state index contributed by atoms with van der Waals surface area (Å²) >= 11 is 24.9. The number of benzene rings is 2. The number of hydrogen-bond donors (Lipinski definition) is 1. The molecule has 0 unspecified atom stereocenters. The van der Waals surface area contributed by atoms with E-state index >= 15 is 0 Å². The van der Waals surface area contributed by atoms with E-state index in [2.05, 4.69) is 5.32 Å². The van der Waals surface area contributed by atoms with Gasteiger partial charge in [0.1, 0.15) is 12.6 Å². The van der Waals surface area contributed by atoms with Crippen molar-refractivity contribution in [2.75, 3.05) is 23.7 Å². The smallest absolute Gasteiger partial charge is 0.244 e. The molecule has 0 radical (unpaired) electrons. The fourth-order valence-electron chi connectivity index (χ4n) is 3.11. The SMILES string of the molecule is CCCNC(=O)[C@H](C)N(Cc1c(Cl)cccc1Cl)C(=O)CN(c1cccc(Cl)c1Cl)S(C)(=O)=O. The standard InChI is InChI=1S/C22H25Cl4N3O4S/c1-4-11-27-22(31)14(2)28(12-15-16(23)7-5-8-17(15)24)20(30)13-29(34(3,32)33)19-10-6-9-18(25)21(19)26/h5-10,14H,4,11-13H2,1-3H3,(H,27,31)/t14-/m0/s1. The number of sulfonamides is 1. The van der Waals surface area contributed by atoms with Gasteiger partial charge < -0.3 is 10.2 Å². The molecule has 2 aromatic rings. The number of carbonyl (C=O) groups excluding carboxylic acids is 2. The molecule has 2 rings (SSSR count). The van der Waals surface area contributed by atoms with Crippen LogP contribution in [0.3, 0.4) is 0 Å². The summed E-state index contributed by atoms with van der Waals surface area (Å²) in [5, 5.41) is 3.48. The first-order valence-corrected chi connectivity index (χ1v) is 13.7. The normalized spacial score (nSPS) is 12.2. The van der Waals surface area contributed by atoms with Gasteiger partial charge in [-0.1, -0.05) is 65.5 Å². The molecule has 34 heavy (non-hydrogen) atoms. The molecule has 0 aliphatic heterocycles. The van der Waals surface area contributed by atoms with Gasteiger partial charge in [0, 0.05) is 28.7 Å². The number of carbonyl (C=O) groups is 2. The molecule has 0 heterocycles. The summed E-state index contributed by atoms with van der Waals surface area (Å²) in [5.41, 5.74) is 0.477. The Morgan fingerprint density at radius 2 is 1.56 bits per heavy atom. The van der Waals surface area contributed by atoms with Gasteiger partial charge >= 0.3 is 0 Å². The van der Waals surface area contributed by atoms with Gasteiger partial charge in [-0.25, -0.2) is 8.42 Å². The highest BCUT2D eigenvalue weighted by Crippen LogP contribution is 2.34. The van der Waals surface area contributed by atoms with E-state index in [1.165, 1.54) is 23.1 Å². The molecule has 0 saturated carbocycles. The van der Waals surface area contributed by atoms with Crippen LogP contribution in [0.2, 0.25) is 20.1 Å². The van der Waals surface area contributed by atoms with Gasteiger partial charge in [0.05, 0.1) is 22.0 Å². The summed E-state index contributed by atoms with van der Waals surface area (Å²) in [7, 11) is -3.95. The van der Waals surface area contributed by atoms with Crippen molar-refractivity contribution in [3.8, 4) is 0 Å². The average molecular weight is 569 g/mol. The van der Waals surface area contributed by atoms with Crippen molar-refractivity contribution in [1.82, 2.24) is 10.2 Å². The number of nitrogens with zero attached hydrogens (tertiary/aromatic N) is 2. The molecule has 1 N–H and O–H groups in total. The quantitative estimate of drug-likeness (QED) is 0.436. The summed E-state index contributed by atoms with van der Waals surface area (Å²) < 4.78 is 26.0. The van der Waals surface area contributed by atoms with Crippen molar-refractivity contribution in [2.45, 2.75) is 32.9 Å². The van der Waals surface area contributed by atoms with Crippen LogP contribution < -0.4 is 9.62 Å². The lowest BCUT2D eigenvalue weighted by Gasteiger charge is -2.32. The molecule has 0 aliphatic rings. The van der Waals surface area contributed by atoms with E-state index in [0.29, 0.717) is 28.6 Å². The molecular formula is C22H25Cl4N3O4S. The van der Waals surface area contributed by atoms with Gasteiger partial charge in [-0.3, -0.25) is 13.9 Å². The first-order valence-electron chi connectivity index (χ1n) is 10.3. The Kier molecular flexibility index (Phi) is 10.3. The van der Waals surface area contributed by atoms with Gasteiger partial charge in [0.2, 0.25) is 21.8 Å². The van der Waals surface area contributed by atoms with Crippen molar-refractivity contribution < 1.29 is 18.0 Å². The summed E-state index contributed by atoms with van der Waals surface area (Å²) in [5.74, 6) is -1.05. The van der Waals surface area contributed by atoms with Gasteiger partial charge in [0.15, 0.2) is 0 Å². The first kappa shape index (κ1) is 28.5. The second-order valence-electron chi connectivity index (χ2n) is 7.53. The minimum Gasteiger partial charge on any atom is -0.354 e. The molecule has 186 valence electrons. The number of nitrogens with one attached hydrogen (secondary N) is 1. The van der Waals surface area contributed by atoms with Crippen LogP contribution in [0.15, 0.2) is 36.4 Å². The Hall–Kier alpha value is -1.71. The summed E-state index contributed by atoms with van der Waals surface area (Å²) in [6.07, 6.45) is 1.65. The first-order chi connectivity index (χ1) is 15.9. The highest BCUT2D eigenvalue weighted by atomic mass is 35.5. The second kappa shape index (κ2) is 12.3. The van der Waals surface area contributed by atoms with E-state index in [-0.39, 0.29) is 22.3 Å². The predicted molar refractivity (Wildman–Crippen MR) is 138 cm³/mol. The molecule has 0 spiro atoms. The lowest BCUT2D eigenvalue weighted by molar-refractivity contribution is -0.139. The highest BCUT2D eigenvalue weighted by Gasteiger charge is 2.31. The molecule has 12 heteroatoms. The zero-order valence-corrected chi connectivity index (χ0v) is 22.7. The van der Waals surface area contributed by atoms with Gasteiger partial charge in [0.25, 0.3) is 0 Å². The van der Waals surface area contributed by atoms with Crippen LogP contribution in [0, 0.1) is 0 Å². The van der Waals surface area contributed by atoms with Crippen LogP contribution in [0.25, 0.3) is 0 Å². The Balaban J connectivity index is 2.48. The molecule has 0 aromatic heterocycles. The fraction of sp³-hybridized carbons (Fsp3) is 0.364. The zero-order chi connectivity index (χ0) is 25.6. The number of halogens is 4. The second-order valence-corrected chi connectivity index (χ2v) is 11.0. The predicted octanol–water partition coefficient (Wildman–Crippen LogP) is 5.01. The van der Waals surface area contributed by atoms with Gasteiger partial charge in [-0.2, -0.15) is 0 Å². The van der Waals surface area contributed by atoms with E-state index in [1.54, 1.807) is 25.1 Å². The van der Waals surface area contributed by atoms with E-state index < -0.39 is 34.4 Å². The molecule has 0 saturated heterocycles. The lowest BCUT2D eigenvalue weighted by Crippen LogP contribution is -2.51. The third-order valence-electron chi connectivity index (χ3n) is 4.99. The van der Waals surface area contributed by atoms with Crippen molar-refractivity contribution >= 4 is 73.9 Å². The minimum atomic E-state index is -3.95. The maximum atomic E-state index is 13.5. The van der Waals surface area contributed by atoms with E-state index in [0.717, 1.165) is 10.6 Å². The number of amides is 2. The van der Waals surface area contributed by atoms with Crippen LogP contribution >= 0.6 is 46.4 Å². The highest BCUT2D eigenvalue weighted by molar-refractivity contribution is 7.92. The van der Waals surface area contributed by atoms with Gasteiger partial charge in [-0.05, 0) is 37.6 Å². The summed E-state index contributed by atoms with van der Waals surface area (Å²) in [4.78, 5) is 27.4. The molecule has 0 fully saturated rings. The third-order valence-corrected chi connectivity index (χ3v) is 7.63. The van der Waals surface area contributed by atoms with Crippen molar-refractivity contribution in [1.29, 1.82) is 0 Å². The minimum absolute atomic E-state index is 0.0168. The number of anilines is 1. The van der Waals surface area contributed by atoms with Crippen LogP contribution in [-0.4, -0.2) is 50.5 Å². The third kappa shape index (κ3) is 7.15. The van der Waals surface area contributed by atoms with Crippen LogP contribution in [0.5, 0.6) is 0 Å². The van der Waals surface area contributed by atoms with Crippen molar-refractivity contribution in [3.63, 3.8) is 0 Å². The number of hydrogen-bond acceptors (Lipinski definition) is 4. The van der Waals surface area contributed by atoms with E-state index in [9.17, 15) is 18.0 Å². The average Bonchev–Trinajstić information content (AvgIpc) is 2.76. The molecular weight excluding hydrogens is 544 g/mol. The molecule has 0 bridgehead atoms. The lowest BCUT2D eigenvalue weighted by atomic mass is 10.1. The Morgan fingerprint density at radius 3 is 2.12 bits per heavy atom. The maximum absolute atomic E-state index is 13.5. The molecule has 2 aromatic carbocycles. The fourth-order valence-corrected chi connectivity index (χ4v) is 4.93. The van der Waals surface area contributed by atoms with Crippen molar-refractivity contribution in [2.24, 2.45) is 0 Å². The Labute approximate surface area is 220 Å². The molecule has 7 nitrogen and oxygen atoms in total. The Bertz CT molecular complexity index is 1140. The van der Waals surface area contributed by atoms with Crippen LogP contribution in [-0.2, 0) is 26.2 Å².